The lowest BCUT2D eigenvalue weighted by atomic mass is 10.1. The Morgan fingerprint density at radius 2 is 1.20 bits per heavy atom. The van der Waals surface area contributed by atoms with Crippen LogP contribution < -0.4 is 0 Å². The number of rotatable bonds is 4. The highest BCUT2D eigenvalue weighted by Gasteiger charge is 1.88. The van der Waals surface area contributed by atoms with Crippen molar-refractivity contribution in [1.29, 1.82) is 0 Å². The Balaban J connectivity index is 3.35. The molecule has 0 spiro atoms. The number of carbonyl (C=O) groups is 2. The molecule has 0 fully saturated rings. The molecule has 0 aliphatic heterocycles. The van der Waals surface area contributed by atoms with Gasteiger partial charge in [-0.1, -0.05) is 18.3 Å². The van der Waals surface area contributed by atoms with Gasteiger partial charge in [0, 0.05) is 24.7 Å². The van der Waals surface area contributed by atoms with Gasteiger partial charge in [-0.25, -0.2) is 9.59 Å². The van der Waals surface area contributed by atoms with E-state index in [1.165, 1.54) is 0 Å². The molecule has 2 N–H and O–H groups in total. The molecule has 0 aromatic carbocycles. The fourth-order valence-electron chi connectivity index (χ4n) is 0.880. The molecule has 0 aliphatic carbocycles. The van der Waals surface area contributed by atoms with E-state index in [4.69, 9.17) is 10.2 Å². The molecule has 0 rings (SSSR count). The zero-order valence-corrected chi connectivity index (χ0v) is 8.25. The van der Waals surface area contributed by atoms with E-state index in [1.807, 2.05) is 11.8 Å². The van der Waals surface area contributed by atoms with Crippen molar-refractivity contribution >= 4 is 11.9 Å². The lowest BCUT2D eigenvalue weighted by Gasteiger charge is -1.91. The third-order valence-corrected chi connectivity index (χ3v) is 1.49. The van der Waals surface area contributed by atoms with Gasteiger partial charge >= 0.3 is 11.9 Å². The average Bonchev–Trinajstić information content (AvgIpc) is 2.14. The number of carboxylic acids is 2. The van der Waals surface area contributed by atoms with Gasteiger partial charge in [-0.2, -0.15) is 0 Å². The van der Waals surface area contributed by atoms with Crippen molar-refractivity contribution in [1.82, 2.24) is 0 Å². The SMILES string of the molecule is O=C(O)C#CCCCCCC#CC(=O)O. The minimum Gasteiger partial charge on any atom is -0.472 e. The van der Waals surface area contributed by atoms with Crippen LogP contribution in [0.25, 0.3) is 0 Å². The zero-order chi connectivity index (χ0) is 11.5. The normalized spacial score (nSPS) is 8.00. The van der Waals surface area contributed by atoms with E-state index >= 15 is 0 Å². The average molecular weight is 208 g/mol. The standard InChI is InChI=1S/C11H12O4/c12-10(13)8-6-4-2-1-3-5-7-9-11(14)15/h1-5H2,(H,12,13)(H,14,15). The molecular weight excluding hydrogens is 196 g/mol. The van der Waals surface area contributed by atoms with Crippen LogP contribution in [0.5, 0.6) is 0 Å². The summed E-state index contributed by atoms with van der Waals surface area (Å²) in [5.74, 6) is 6.86. The molecule has 0 radical (unpaired) electrons. The summed E-state index contributed by atoms with van der Waals surface area (Å²) in [4.78, 5) is 20.0. The Morgan fingerprint density at radius 3 is 1.53 bits per heavy atom. The lowest BCUT2D eigenvalue weighted by Crippen LogP contribution is -1.87. The highest BCUT2D eigenvalue weighted by atomic mass is 16.4. The van der Waals surface area contributed by atoms with Gasteiger partial charge in [0.05, 0.1) is 0 Å². The Kier molecular flexibility index (Phi) is 7.53. The summed E-state index contributed by atoms with van der Waals surface area (Å²) in [5.41, 5.74) is 0. The van der Waals surface area contributed by atoms with Crippen molar-refractivity contribution in [2.75, 3.05) is 0 Å². The Bertz CT molecular complexity index is 301. The molecule has 0 aromatic rings. The number of hydrogen-bond donors (Lipinski definition) is 2. The fraction of sp³-hybridized carbons (Fsp3) is 0.455. The summed E-state index contributed by atoms with van der Waals surface area (Å²) in [6.07, 6.45) is 3.62. The molecule has 4 nitrogen and oxygen atoms in total. The molecule has 0 aliphatic rings. The van der Waals surface area contributed by atoms with Crippen molar-refractivity contribution in [2.45, 2.75) is 32.1 Å². The predicted molar refractivity (Wildman–Crippen MR) is 53.9 cm³/mol. The number of unbranched alkanes of at least 4 members (excludes halogenated alkanes) is 4. The van der Waals surface area contributed by atoms with E-state index in [0.29, 0.717) is 12.8 Å². The van der Waals surface area contributed by atoms with Crippen molar-refractivity contribution in [3.63, 3.8) is 0 Å². The summed E-state index contributed by atoms with van der Waals surface area (Å²) < 4.78 is 0. The lowest BCUT2D eigenvalue weighted by molar-refractivity contribution is -0.131. The Hall–Kier alpha value is -1.94. The first-order valence-corrected chi connectivity index (χ1v) is 4.56. The molecule has 0 aromatic heterocycles. The van der Waals surface area contributed by atoms with Crippen molar-refractivity contribution in [3.05, 3.63) is 0 Å². The molecule has 15 heavy (non-hydrogen) atoms. The van der Waals surface area contributed by atoms with Crippen LogP contribution in [0, 0.1) is 23.7 Å². The van der Waals surface area contributed by atoms with Gasteiger partial charge in [0.1, 0.15) is 0 Å². The van der Waals surface area contributed by atoms with Gasteiger partial charge in [-0.15, -0.1) is 0 Å². The molecule has 0 saturated carbocycles. The van der Waals surface area contributed by atoms with Crippen LogP contribution in [-0.2, 0) is 9.59 Å². The second kappa shape index (κ2) is 8.65. The number of aliphatic carboxylic acids is 2. The van der Waals surface area contributed by atoms with Crippen LogP contribution in [-0.4, -0.2) is 22.2 Å². The third-order valence-electron chi connectivity index (χ3n) is 1.49. The number of carboxylic acid groups (broad SMARTS) is 2. The van der Waals surface area contributed by atoms with E-state index < -0.39 is 11.9 Å². The smallest absolute Gasteiger partial charge is 0.381 e. The number of hydrogen-bond acceptors (Lipinski definition) is 2. The molecule has 80 valence electrons. The van der Waals surface area contributed by atoms with E-state index in [1.54, 1.807) is 0 Å². The maximum atomic E-state index is 9.99. The minimum atomic E-state index is -1.11. The molecule has 0 saturated heterocycles. The molecule has 0 bridgehead atoms. The van der Waals surface area contributed by atoms with Gasteiger partial charge in [-0.05, 0) is 12.8 Å². The Labute approximate surface area is 88.3 Å². The third kappa shape index (κ3) is 12.1. The first-order valence-electron chi connectivity index (χ1n) is 4.56. The van der Waals surface area contributed by atoms with E-state index in [9.17, 15) is 9.59 Å². The van der Waals surface area contributed by atoms with Gasteiger partial charge in [0.15, 0.2) is 0 Å². The summed E-state index contributed by atoms with van der Waals surface area (Å²) in [5, 5.41) is 16.4. The van der Waals surface area contributed by atoms with Crippen molar-refractivity contribution in [2.24, 2.45) is 0 Å². The van der Waals surface area contributed by atoms with Crippen LogP contribution in [0.3, 0.4) is 0 Å². The summed E-state index contributed by atoms with van der Waals surface area (Å²) >= 11 is 0. The summed E-state index contributed by atoms with van der Waals surface area (Å²) in [7, 11) is 0. The molecule has 0 amide bonds. The van der Waals surface area contributed by atoms with Crippen LogP contribution in [0.2, 0.25) is 0 Å². The van der Waals surface area contributed by atoms with Crippen LogP contribution in [0.4, 0.5) is 0 Å². The second-order valence-electron chi connectivity index (χ2n) is 2.77. The minimum absolute atomic E-state index is 0.554. The van der Waals surface area contributed by atoms with Crippen LogP contribution >= 0.6 is 0 Å². The summed E-state index contributed by atoms with van der Waals surface area (Å²) in [6.45, 7) is 0. The van der Waals surface area contributed by atoms with Gasteiger partial charge in [0.2, 0.25) is 0 Å². The fourth-order valence-corrected chi connectivity index (χ4v) is 0.880. The topological polar surface area (TPSA) is 74.6 Å². The highest BCUT2D eigenvalue weighted by molar-refractivity contribution is 5.86. The largest absolute Gasteiger partial charge is 0.472 e. The monoisotopic (exact) mass is 208 g/mol. The summed E-state index contributed by atoms with van der Waals surface area (Å²) in [6, 6.07) is 0. The highest BCUT2D eigenvalue weighted by Crippen LogP contribution is 2.00. The molecule has 0 heterocycles. The molecule has 4 heteroatoms. The predicted octanol–water partition coefficient (Wildman–Crippen LogP) is 1.11. The van der Waals surface area contributed by atoms with Gasteiger partial charge in [-0.3, -0.25) is 0 Å². The van der Waals surface area contributed by atoms with Crippen LogP contribution in [0.15, 0.2) is 0 Å². The molecule has 0 unspecified atom stereocenters. The van der Waals surface area contributed by atoms with E-state index in [2.05, 4.69) is 11.8 Å². The Morgan fingerprint density at radius 1 is 0.800 bits per heavy atom. The van der Waals surface area contributed by atoms with Gasteiger partial charge < -0.3 is 10.2 Å². The van der Waals surface area contributed by atoms with E-state index in [0.717, 1.165) is 19.3 Å². The zero-order valence-electron chi connectivity index (χ0n) is 8.25. The second-order valence-corrected chi connectivity index (χ2v) is 2.77. The first kappa shape index (κ1) is 13.1. The first-order chi connectivity index (χ1) is 7.13. The quantitative estimate of drug-likeness (QED) is 0.536. The van der Waals surface area contributed by atoms with E-state index in [-0.39, 0.29) is 0 Å². The molecule has 0 atom stereocenters. The van der Waals surface area contributed by atoms with Crippen molar-refractivity contribution < 1.29 is 19.8 Å². The molecular formula is C11H12O4. The maximum Gasteiger partial charge on any atom is 0.381 e. The maximum absolute atomic E-state index is 9.99. The van der Waals surface area contributed by atoms with Crippen LogP contribution in [0.1, 0.15) is 32.1 Å². The van der Waals surface area contributed by atoms with Gasteiger partial charge in [0.25, 0.3) is 0 Å². The van der Waals surface area contributed by atoms with Crippen molar-refractivity contribution in [3.8, 4) is 23.7 Å².